The second-order valence-corrected chi connectivity index (χ2v) is 4.26. The summed E-state index contributed by atoms with van der Waals surface area (Å²) in [6, 6.07) is 0.973. The molecule has 0 aliphatic carbocycles. The van der Waals surface area contributed by atoms with E-state index >= 15 is 0 Å². The van der Waals surface area contributed by atoms with Crippen LogP contribution >= 0.6 is 0 Å². The molecule has 0 fully saturated rings. The molecule has 0 atom stereocenters. The summed E-state index contributed by atoms with van der Waals surface area (Å²) in [7, 11) is 3.78. The smallest absolute Gasteiger partial charge is 0.308 e. The summed E-state index contributed by atoms with van der Waals surface area (Å²) in [5.74, 6) is 0. The molecule has 4 nitrogen and oxygen atoms in total. The number of halogens is 3. The van der Waals surface area contributed by atoms with Crippen LogP contribution in [0.2, 0.25) is 0 Å². The second kappa shape index (κ2) is 4.56. The monoisotopic (exact) mass is 258 g/mol. The average Bonchev–Trinajstić information content (AvgIpc) is 2.67. The van der Waals surface area contributed by atoms with E-state index in [1.165, 1.54) is 17.1 Å². The van der Waals surface area contributed by atoms with E-state index in [-0.39, 0.29) is 11.0 Å². The Morgan fingerprint density at radius 2 is 2.06 bits per heavy atom. The van der Waals surface area contributed by atoms with Gasteiger partial charge in [-0.25, -0.2) is 9.67 Å². The quantitative estimate of drug-likeness (QED) is 0.844. The molecule has 0 bridgehead atoms. The van der Waals surface area contributed by atoms with Gasteiger partial charge in [0.1, 0.15) is 0 Å². The van der Waals surface area contributed by atoms with Gasteiger partial charge in [-0.15, -0.1) is 0 Å². The Bertz CT molecular complexity index is 545. The summed E-state index contributed by atoms with van der Waals surface area (Å²) in [4.78, 5) is 5.91. The van der Waals surface area contributed by atoms with Crippen molar-refractivity contribution in [1.82, 2.24) is 19.7 Å². The number of aromatic nitrogens is 3. The summed E-state index contributed by atoms with van der Waals surface area (Å²) in [6.07, 6.45) is -1.99. The minimum Gasteiger partial charge on any atom is -0.308 e. The second-order valence-electron chi connectivity index (χ2n) is 4.26. The maximum atomic E-state index is 12.8. The Morgan fingerprint density at radius 1 is 1.33 bits per heavy atom. The fourth-order valence-electron chi connectivity index (χ4n) is 1.68. The first-order chi connectivity index (χ1) is 8.39. The van der Waals surface area contributed by atoms with Gasteiger partial charge >= 0.3 is 6.18 Å². The average molecular weight is 258 g/mol. The third-order valence-electron chi connectivity index (χ3n) is 2.60. The van der Waals surface area contributed by atoms with E-state index in [2.05, 4.69) is 10.1 Å². The molecule has 0 amide bonds. The van der Waals surface area contributed by atoms with Crippen molar-refractivity contribution in [2.75, 3.05) is 20.6 Å². The van der Waals surface area contributed by atoms with Crippen molar-refractivity contribution >= 4 is 11.0 Å². The van der Waals surface area contributed by atoms with E-state index < -0.39 is 11.7 Å². The van der Waals surface area contributed by atoms with Gasteiger partial charge in [0.25, 0.3) is 0 Å². The normalized spacial score (nSPS) is 12.6. The number of nitrogens with zero attached hydrogens (tertiary/aromatic N) is 4. The van der Waals surface area contributed by atoms with Gasteiger partial charge in [-0.1, -0.05) is 0 Å². The van der Waals surface area contributed by atoms with Crippen LogP contribution in [0.15, 0.2) is 18.5 Å². The molecular formula is C11H13F3N4. The SMILES string of the molecule is CN(C)CCn1ncc2c(C(F)(F)F)ccnc21. The molecule has 0 saturated heterocycles. The lowest BCUT2D eigenvalue weighted by Gasteiger charge is -2.10. The first kappa shape index (κ1) is 12.8. The molecule has 98 valence electrons. The molecule has 0 aliphatic rings. The Hall–Kier alpha value is -1.63. The summed E-state index contributed by atoms with van der Waals surface area (Å²) in [6.45, 7) is 1.19. The molecule has 2 aromatic heterocycles. The van der Waals surface area contributed by atoms with Gasteiger partial charge in [0, 0.05) is 12.7 Å². The van der Waals surface area contributed by atoms with Crippen LogP contribution in [0.4, 0.5) is 13.2 Å². The van der Waals surface area contributed by atoms with Crippen molar-refractivity contribution in [3.63, 3.8) is 0 Å². The van der Waals surface area contributed by atoms with E-state index in [9.17, 15) is 13.2 Å². The number of likely N-dealkylation sites (N-methyl/N-ethyl adjacent to an activating group) is 1. The Kier molecular flexibility index (Phi) is 3.25. The van der Waals surface area contributed by atoms with Crippen molar-refractivity contribution in [2.24, 2.45) is 0 Å². The summed E-state index contributed by atoms with van der Waals surface area (Å²) in [5.41, 5.74) is -0.421. The number of pyridine rings is 1. The highest BCUT2D eigenvalue weighted by Gasteiger charge is 2.33. The molecule has 0 N–H and O–H groups in total. The highest BCUT2D eigenvalue weighted by atomic mass is 19.4. The zero-order valence-corrected chi connectivity index (χ0v) is 10.1. The number of alkyl halides is 3. The van der Waals surface area contributed by atoms with Gasteiger partial charge in [-0.05, 0) is 20.2 Å². The molecule has 0 aromatic carbocycles. The van der Waals surface area contributed by atoms with Crippen molar-refractivity contribution in [1.29, 1.82) is 0 Å². The first-order valence-corrected chi connectivity index (χ1v) is 5.42. The number of hydrogen-bond acceptors (Lipinski definition) is 3. The van der Waals surface area contributed by atoms with Crippen LogP contribution < -0.4 is 0 Å². The zero-order valence-electron chi connectivity index (χ0n) is 10.1. The first-order valence-electron chi connectivity index (χ1n) is 5.42. The molecular weight excluding hydrogens is 245 g/mol. The van der Waals surface area contributed by atoms with E-state index in [1.54, 1.807) is 0 Å². The van der Waals surface area contributed by atoms with Gasteiger partial charge in [-0.2, -0.15) is 18.3 Å². The van der Waals surface area contributed by atoms with Gasteiger partial charge < -0.3 is 4.90 Å². The Labute approximate surface area is 102 Å². The predicted octanol–water partition coefficient (Wildman–Crippen LogP) is 2.01. The van der Waals surface area contributed by atoms with Crippen molar-refractivity contribution in [3.8, 4) is 0 Å². The van der Waals surface area contributed by atoms with Gasteiger partial charge in [0.15, 0.2) is 5.65 Å². The topological polar surface area (TPSA) is 34.0 Å². The highest BCUT2D eigenvalue weighted by molar-refractivity contribution is 5.79. The van der Waals surface area contributed by atoms with Crippen LogP contribution in [-0.4, -0.2) is 40.3 Å². The zero-order chi connectivity index (χ0) is 13.3. The predicted molar refractivity (Wildman–Crippen MR) is 61.1 cm³/mol. The molecule has 0 aliphatic heterocycles. The minimum absolute atomic E-state index is 0.0451. The lowest BCUT2D eigenvalue weighted by molar-refractivity contribution is -0.136. The number of fused-ring (bicyclic) bond motifs is 1. The molecule has 2 heterocycles. The molecule has 2 aromatic rings. The van der Waals surface area contributed by atoms with Crippen LogP contribution in [0.25, 0.3) is 11.0 Å². The van der Waals surface area contributed by atoms with Crippen LogP contribution in [0.1, 0.15) is 5.56 Å². The van der Waals surface area contributed by atoms with E-state index in [4.69, 9.17) is 0 Å². The Balaban J connectivity index is 2.42. The van der Waals surface area contributed by atoms with Crippen LogP contribution in [0.3, 0.4) is 0 Å². The molecule has 0 unspecified atom stereocenters. The molecule has 7 heteroatoms. The van der Waals surface area contributed by atoms with Gasteiger partial charge in [0.2, 0.25) is 0 Å². The molecule has 0 spiro atoms. The third kappa shape index (κ3) is 2.45. The van der Waals surface area contributed by atoms with Crippen molar-refractivity contribution in [3.05, 3.63) is 24.0 Å². The molecule has 2 rings (SSSR count). The van der Waals surface area contributed by atoms with E-state index in [0.29, 0.717) is 13.1 Å². The Morgan fingerprint density at radius 3 is 2.67 bits per heavy atom. The summed E-state index contributed by atoms with van der Waals surface area (Å²) < 4.78 is 39.8. The molecule has 0 saturated carbocycles. The number of rotatable bonds is 3. The lowest BCUT2D eigenvalue weighted by atomic mass is 10.2. The maximum absolute atomic E-state index is 12.8. The lowest BCUT2D eigenvalue weighted by Crippen LogP contribution is -2.19. The highest BCUT2D eigenvalue weighted by Crippen LogP contribution is 2.33. The summed E-state index contributed by atoms with van der Waals surface area (Å²) >= 11 is 0. The van der Waals surface area contributed by atoms with Gasteiger partial charge in [0.05, 0.1) is 23.7 Å². The fraction of sp³-hybridized carbons (Fsp3) is 0.455. The standard InChI is InChI=1S/C11H13F3N4/c1-17(2)5-6-18-10-8(7-16-18)9(3-4-15-10)11(12,13)14/h3-4,7H,5-6H2,1-2H3. The molecule has 18 heavy (non-hydrogen) atoms. The summed E-state index contributed by atoms with van der Waals surface area (Å²) in [5, 5.41) is 4.01. The van der Waals surface area contributed by atoms with E-state index in [1.807, 2.05) is 19.0 Å². The number of hydrogen-bond donors (Lipinski definition) is 0. The van der Waals surface area contributed by atoms with Crippen LogP contribution in [0, 0.1) is 0 Å². The maximum Gasteiger partial charge on any atom is 0.417 e. The van der Waals surface area contributed by atoms with Crippen molar-refractivity contribution in [2.45, 2.75) is 12.7 Å². The van der Waals surface area contributed by atoms with Gasteiger partial charge in [-0.3, -0.25) is 0 Å². The molecule has 0 radical (unpaired) electrons. The van der Waals surface area contributed by atoms with Crippen LogP contribution in [0.5, 0.6) is 0 Å². The third-order valence-corrected chi connectivity index (χ3v) is 2.60. The van der Waals surface area contributed by atoms with Crippen LogP contribution in [-0.2, 0) is 12.7 Å². The largest absolute Gasteiger partial charge is 0.417 e. The minimum atomic E-state index is -4.38. The van der Waals surface area contributed by atoms with E-state index in [0.717, 1.165) is 6.07 Å². The fourth-order valence-corrected chi connectivity index (χ4v) is 1.68. The van der Waals surface area contributed by atoms with Crippen molar-refractivity contribution < 1.29 is 13.2 Å².